The molecule has 0 saturated carbocycles. The molecule has 7 heteroatoms. The smallest absolute Gasteiger partial charge is 0.277 e. The summed E-state index contributed by atoms with van der Waals surface area (Å²) in [4.78, 5) is 12.1. The average Bonchev–Trinajstić information content (AvgIpc) is 3.22. The van der Waals surface area contributed by atoms with Gasteiger partial charge in [-0.2, -0.15) is 5.10 Å². The largest absolute Gasteiger partial charge is 0.484 e. The highest BCUT2D eigenvalue weighted by Crippen LogP contribution is 2.36. The predicted octanol–water partition coefficient (Wildman–Crippen LogP) is 7.50. The van der Waals surface area contributed by atoms with Crippen LogP contribution in [0.3, 0.4) is 0 Å². The molecule has 1 heterocycles. The topological polar surface area (TPSA) is 63.8 Å². The molecule has 2 aromatic carbocycles. The highest BCUT2D eigenvalue weighted by Gasteiger charge is 2.27. The fourth-order valence-electron chi connectivity index (χ4n) is 4.01. The number of halogens is 2. The number of amides is 1. The van der Waals surface area contributed by atoms with E-state index in [1.165, 1.54) is 11.8 Å². The molecule has 5 nitrogen and oxygen atoms in total. The van der Waals surface area contributed by atoms with Gasteiger partial charge in [-0.3, -0.25) is 4.79 Å². The second-order valence-electron chi connectivity index (χ2n) is 10.1. The number of benzene rings is 2. The van der Waals surface area contributed by atoms with Gasteiger partial charge in [0, 0.05) is 5.56 Å². The van der Waals surface area contributed by atoms with E-state index in [0.29, 0.717) is 27.3 Å². The molecule has 0 spiro atoms. The Bertz CT molecular complexity index is 1160. The first-order valence-corrected chi connectivity index (χ1v) is 11.8. The summed E-state index contributed by atoms with van der Waals surface area (Å²) in [5.74, 6) is 1.36. The van der Waals surface area contributed by atoms with Crippen molar-refractivity contribution in [2.75, 3.05) is 6.61 Å². The molecule has 0 aliphatic rings. The molecule has 0 saturated heterocycles. The van der Waals surface area contributed by atoms with Crippen molar-refractivity contribution in [2.45, 2.75) is 46.5 Å². The second kappa shape index (κ2) is 10.7. The summed E-state index contributed by atoms with van der Waals surface area (Å²) in [6.45, 7) is 11.1. The Morgan fingerprint density at radius 2 is 1.71 bits per heavy atom. The van der Waals surface area contributed by atoms with Crippen molar-refractivity contribution in [3.63, 3.8) is 0 Å². The van der Waals surface area contributed by atoms with Gasteiger partial charge in [0.15, 0.2) is 6.61 Å². The molecule has 0 unspecified atom stereocenters. The van der Waals surface area contributed by atoms with Crippen LogP contribution in [0.2, 0.25) is 10.0 Å². The van der Waals surface area contributed by atoms with Crippen molar-refractivity contribution in [1.29, 1.82) is 0 Å². The van der Waals surface area contributed by atoms with E-state index in [1.54, 1.807) is 24.3 Å². The van der Waals surface area contributed by atoms with Crippen LogP contribution in [0.5, 0.6) is 5.75 Å². The summed E-state index contributed by atoms with van der Waals surface area (Å²) in [5, 5.41) is 4.85. The van der Waals surface area contributed by atoms with Crippen molar-refractivity contribution in [3.8, 4) is 17.1 Å². The van der Waals surface area contributed by atoms with Gasteiger partial charge in [0.05, 0.1) is 16.3 Å². The van der Waals surface area contributed by atoms with E-state index >= 15 is 0 Å². The highest BCUT2D eigenvalue weighted by molar-refractivity contribution is 6.42. The minimum Gasteiger partial charge on any atom is -0.484 e. The number of hydrogen-bond acceptors (Lipinski definition) is 4. The van der Waals surface area contributed by atoms with Crippen LogP contribution >= 0.6 is 23.2 Å². The lowest BCUT2D eigenvalue weighted by Crippen LogP contribution is -2.25. The SMILES string of the molecule is CC(C)(C)CC(C)(C)c1ccc(OCC(=O)N/N=C\c2ccc(-c3ccc(Cl)c(Cl)c3)o2)cc1. The van der Waals surface area contributed by atoms with E-state index in [0.717, 1.165) is 12.0 Å². The first-order valence-electron chi connectivity index (χ1n) is 11.0. The summed E-state index contributed by atoms with van der Waals surface area (Å²) < 4.78 is 11.3. The first-order chi connectivity index (χ1) is 15.9. The Morgan fingerprint density at radius 3 is 2.35 bits per heavy atom. The molecule has 0 bridgehead atoms. The molecule has 3 aromatic rings. The molecule has 3 rings (SSSR count). The fourth-order valence-corrected chi connectivity index (χ4v) is 4.30. The van der Waals surface area contributed by atoms with Crippen LogP contribution in [-0.4, -0.2) is 18.7 Å². The third-order valence-corrected chi connectivity index (χ3v) is 5.93. The van der Waals surface area contributed by atoms with E-state index in [-0.39, 0.29) is 23.3 Å². The van der Waals surface area contributed by atoms with Gasteiger partial charge in [-0.15, -0.1) is 0 Å². The van der Waals surface area contributed by atoms with Crippen molar-refractivity contribution in [2.24, 2.45) is 10.5 Å². The van der Waals surface area contributed by atoms with Gasteiger partial charge in [0.2, 0.25) is 0 Å². The number of ether oxygens (including phenoxy) is 1. The van der Waals surface area contributed by atoms with Gasteiger partial charge >= 0.3 is 0 Å². The van der Waals surface area contributed by atoms with Crippen molar-refractivity contribution < 1.29 is 13.9 Å². The predicted molar refractivity (Wildman–Crippen MR) is 139 cm³/mol. The zero-order chi connectivity index (χ0) is 24.9. The molecule has 1 aromatic heterocycles. The highest BCUT2D eigenvalue weighted by atomic mass is 35.5. The Morgan fingerprint density at radius 1 is 1.00 bits per heavy atom. The van der Waals surface area contributed by atoms with Crippen LogP contribution in [0.4, 0.5) is 0 Å². The number of carbonyl (C=O) groups excluding carboxylic acids is 1. The molecule has 0 aliphatic carbocycles. The van der Waals surface area contributed by atoms with E-state index in [4.69, 9.17) is 32.4 Å². The minimum absolute atomic E-state index is 0.0500. The van der Waals surface area contributed by atoms with Crippen molar-refractivity contribution >= 4 is 35.3 Å². The number of nitrogens with zero attached hydrogens (tertiary/aromatic N) is 1. The lowest BCUT2D eigenvalue weighted by molar-refractivity contribution is -0.123. The second-order valence-corrected chi connectivity index (χ2v) is 10.9. The summed E-state index contributed by atoms with van der Waals surface area (Å²) in [6.07, 6.45) is 2.48. The first kappa shape index (κ1) is 25.9. The summed E-state index contributed by atoms with van der Waals surface area (Å²) in [5.41, 5.74) is 4.75. The lowest BCUT2D eigenvalue weighted by atomic mass is 9.72. The van der Waals surface area contributed by atoms with E-state index in [9.17, 15) is 4.79 Å². The van der Waals surface area contributed by atoms with E-state index < -0.39 is 0 Å². The van der Waals surface area contributed by atoms with Crippen LogP contribution in [-0.2, 0) is 10.2 Å². The third-order valence-electron chi connectivity index (χ3n) is 5.19. The maximum absolute atomic E-state index is 12.1. The molecule has 34 heavy (non-hydrogen) atoms. The van der Waals surface area contributed by atoms with Crippen LogP contribution < -0.4 is 10.2 Å². The Kier molecular flexibility index (Phi) is 8.11. The van der Waals surface area contributed by atoms with Gasteiger partial charge in [-0.25, -0.2) is 5.43 Å². The number of carbonyl (C=O) groups is 1. The molecule has 0 radical (unpaired) electrons. The molecule has 1 amide bonds. The minimum atomic E-state index is -0.371. The van der Waals surface area contributed by atoms with Crippen LogP contribution in [0, 0.1) is 5.41 Å². The van der Waals surface area contributed by atoms with Gasteiger partial charge in [0.25, 0.3) is 5.91 Å². The quantitative estimate of drug-likeness (QED) is 0.257. The molecular formula is C27H30Cl2N2O3. The van der Waals surface area contributed by atoms with Crippen molar-refractivity contribution in [3.05, 3.63) is 76.0 Å². The molecular weight excluding hydrogens is 471 g/mol. The zero-order valence-electron chi connectivity index (χ0n) is 20.1. The maximum atomic E-state index is 12.1. The van der Waals surface area contributed by atoms with Crippen LogP contribution in [0.1, 0.15) is 52.4 Å². The molecule has 180 valence electrons. The Balaban J connectivity index is 1.49. The summed E-state index contributed by atoms with van der Waals surface area (Å²) in [7, 11) is 0. The molecule has 0 aliphatic heterocycles. The average molecular weight is 501 g/mol. The van der Waals surface area contributed by atoms with E-state index in [1.807, 2.05) is 18.2 Å². The molecule has 0 fully saturated rings. The Hall–Kier alpha value is -2.76. The fraction of sp³-hybridized carbons (Fsp3) is 0.333. The summed E-state index contributed by atoms with van der Waals surface area (Å²) in [6, 6.07) is 16.7. The maximum Gasteiger partial charge on any atom is 0.277 e. The zero-order valence-corrected chi connectivity index (χ0v) is 21.6. The van der Waals surface area contributed by atoms with Crippen LogP contribution in [0.15, 0.2) is 64.1 Å². The molecule has 0 atom stereocenters. The van der Waals surface area contributed by atoms with Gasteiger partial charge in [0.1, 0.15) is 17.3 Å². The van der Waals surface area contributed by atoms with Gasteiger partial charge in [-0.05, 0) is 65.3 Å². The number of furan rings is 1. The third kappa shape index (κ3) is 7.37. The monoisotopic (exact) mass is 500 g/mol. The number of nitrogens with one attached hydrogen (secondary N) is 1. The standard InChI is InChI=1S/C27H30Cl2N2O3/c1-26(2,3)17-27(4,5)19-7-9-20(10-8-19)33-16-25(32)31-30-15-21-11-13-24(34-21)18-6-12-22(28)23(29)14-18/h6-15H,16-17H2,1-5H3,(H,31,32)/b30-15-. The van der Waals surface area contributed by atoms with Crippen molar-refractivity contribution in [1.82, 2.24) is 5.43 Å². The number of hydrogen-bond donors (Lipinski definition) is 1. The summed E-state index contributed by atoms with van der Waals surface area (Å²) >= 11 is 12.0. The lowest BCUT2D eigenvalue weighted by Gasteiger charge is -2.33. The number of hydrazone groups is 1. The van der Waals surface area contributed by atoms with Crippen LogP contribution in [0.25, 0.3) is 11.3 Å². The van der Waals surface area contributed by atoms with Gasteiger partial charge in [-0.1, -0.05) is 70.0 Å². The Labute approximate surface area is 211 Å². The normalized spacial score (nSPS) is 12.2. The van der Waals surface area contributed by atoms with E-state index in [2.05, 4.69) is 57.3 Å². The van der Waals surface area contributed by atoms with Gasteiger partial charge < -0.3 is 9.15 Å². The molecule has 1 N–H and O–H groups in total. The number of rotatable bonds is 8.